The zero-order valence-corrected chi connectivity index (χ0v) is 18.9. The average molecular weight is 464 g/mol. The van der Waals surface area contributed by atoms with E-state index < -0.39 is 11.7 Å². The molecule has 0 spiro atoms. The maximum Gasteiger partial charge on any atom is 0.416 e. The summed E-state index contributed by atoms with van der Waals surface area (Å²) in [6, 6.07) is 20.0. The monoisotopic (exact) mass is 463 g/mol. The first-order chi connectivity index (χ1) is 16.2. The molecule has 4 nitrogen and oxygen atoms in total. The molecule has 0 fully saturated rings. The SMILES string of the molecule is CN(C)c1ccnc(CCNC(=O)c2ccc3c(-c4ccc(C(F)(F)F)cc4)cccc3c2)c1. The fourth-order valence-electron chi connectivity index (χ4n) is 3.80. The third-order valence-electron chi connectivity index (χ3n) is 5.65. The van der Waals surface area contributed by atoms with E-state index in [1.807, 2.05) is 55.4 Å². The van der Waals surface area contributed by atoms with E-state index in [1.165, 1.54) is 12.1 Å². The molecule has 0 saturated heterocycles. The smallest absolute Gasteiger partial charge is 0.378 e. The highest BCUT2D eigenvalue weighted by atomic mass is 19.4. The van der Waals surface area contributed by atoms with E-state index in [2.05, 4.69) is 10.3 Å². The van der Waals surface area contributed by atoms with E-state index in [0.717, 1.165) is 39.8 Å². The Kier molecular flexibility index (Phi) is 6.54. The van der Waals surface area contributed by atoms with Crippen molar-refractivity contribution < 1.29 is 18.0 Å². The molecule has 34 heavy (non-hydrogen) atoms. The molecule has 174 valence electrons. The minimum absolute atomic E-state index is 0.189. The van der Waals surface area contributed by atoms with Gasteiger partial charge in [-0.3, -0.25) is 9.78 Å². The second-order valence-corrected chi connectivity index (χ2v) is 8.22. The topological polar surface area (TPSA) is 45.2 Å². The van der Waals surface area contributed by atoms with Crippen LogP contribution in [0.15, 0.2) is 79.0 Å². The summed E-state index contributed by atoms with van der Waals surface area (Å²) in [6.45, 7) is 0.451. The van der Waals surface area contributed by atoms with Gasteiger partial charge in [0.2, 0.25) is 0 Å². The number of benzene rings is 3. The van der Waals surface area contributed by atoms with E-state index in [-0.39, 0.29) is 5.91 Å². The molecule has 4 aromatic rings. The van der Waals surface area contributed by atoms with Gasteiger partial charge in [0, 0.05) is 50.2 Å². The van der Waals surface area contributed by atoms with Gasteiger partial charge in [-0.15, -0.1) is 0 Å². The van der Waals surface area contributed by atoms with Crippen molar-refractivity contribution in [3.05, 3.63) is 95.8 Å². The number of nitrogens with one attached hydrogen (secondary N) is 1. The van der Waals surface area contributed by atoms with E-state index in [9.17, 15) is 18.0 Å². The molecule has 7 heteroatoms. The number of rotatable bonds is 6. The van der Waals surface area contributed by atoms with Gasteiger partial charge in [-0.1, -0.05) is 36.4 Å². The van der Waals surface area contributed by atoms with Crippen molar-refractivity contribution in [2.24, 2.45) is 0 Å². The van der Waals surface area contributed by atoms with E-state index in [0.29, 0.717) is 24.1 Å². The molecule has 0 saturated carbocycles. The molecule has 3 aromatic carbocycles. The molecule has 0 aliphatic carbocycles. The Labute approximate surface area is 196 Å². The predicted octanol–water partition coefficient (Wildman–Crippen LogP) is 5.96. The molecular formula is C27H24F3N3O. The number of halogens is 3. The number of pyridine rings is 1. The van der Waals surface area contributed by atoms with E-state index in [4.69, 9.17) is 0 Å². The second kappa shape index (κ2) is 9.55. The first-order valence-electron chi connectivity index (χ1n) is 10.8. The summed E-state index contributed by atoms with van der Waals surface area (Å²) >= 11 is 0. The average Bonchev–Trinajstić information content (AvgIpc) is 2.83. The lowest BCUT2D eigenvalue weighted by Crippen LogP contribution is -2.26. The highest BCUT2D eigenvalue weighted by Gasteiger charge is 2.30. The Hall–Kier alpha value is -3.87. The summed E-state index contributed by atoms with van der Waals surface area (Å²) in [5, 5.41) is 4.63. The normalized spacial score (nSPS) is 11.4. The molecule has 0 unspecified atom stereocenters. The van der Waals surface area contributed by atoms with Crippen LogP contribution in [0, 0.1) is 0 Å². The molecule has 0 aliphatic heterocycles. The van der Waals surface area contributed by atoms with Crippen LogP contribution >= 0.6 is 0 Å². The van der Waals surface area contributed by atoms with Gasteiger partial charge in [0.15, 0.2) is 0 Å². The maximum absolute atomic E-state index is 12.9. The number of anilines is 1. The summed E-state index contributed by atoms with van der Waals surface area (Å²) in [5.41, 5.74) is 3.28. The highest BCUT2D eigenvalue weighted by Crippen LogP contribution is 2.33. The molecule has 4 rings (SSSR count). The fourth-order valence-corrected chi connectivity index (χ4v) is 3.80. The molecule has 1 aromatic heterocycles. The standard InChI is InChI=1S/C27H24F3N3O/c1-33(2)23-13-15-31-22(17-23)12-14-32-26(34)20-8-11-25-19(16-20)4-3-5-24(25)18-6-9-21(10-7-18)27(28,29)30/h3-11,13,15-17H,12,14H2,1-2H3,(H,32,34). The lowest BCUT2D eigenvalue weighted by atomic mass is 9.96. The third-order valence-corrected chi connectivity index (χ3v) is 5.65. The number of aromatic nitrogens is 1. The highest BCUT2D eigenvalue weighted by molar-refractivity contribution is 6.02. The first-order valence-corrected chi connectivity index (χ1v) is 10.8. The van der Waals surface area contributed by atoms with Gasteiger partial charge >= 0.3 is 6.18 Å². The third kappa shape index (κ3) is 5.20. The van der Waals surface area contributed by atoms with Gasteiger partial charge in [0.25, 0.3) is 5.91 Å². The van der Waals surface area contributed by atoms with Crippen LogP contribution in [-0.2, 0) is 12.6 Å². The summed E-state index contributed by atoms with van der Waals surface area (Å²) in [5.74, 6) is -0.189. The van der Waals surface area contributed by atoms with Crippen molar-refractivity contribution in [1.29, 1.82) is 0 Å². The summed E-state index contributed by atoms with van der Waals surface area (Å²) in [6.07, 6.45) is -2.01. The van der Waals surface area contributed by atoms with Crippen LogP contribution in [0.2, 0.25) is 0 Å². The number of alkyl halides is 3. The summed E-state index contributed by atoms with van der Waals surface area (Å²) < 4.78 is 38.7. The Balaban J connectivity index is 1.48. The number of carbonyl (C=O) groups is 1. The predicted molar refractivity (Wildman–Crippen MR) is 129 cm³/mol. The Morgan fingerprint density at radius 2 is 1.74 bits per heavy atom. The maximum atomic E-state index is 12.9. The van der Waals surface area contributed by atoms with Gasteiger partial charge in [0.05, 0.1) is 5.56 Å². The number of amides is 1. The zero-order valence-electron chi connectivity index (χ0n) is 18.9. The van der Waals surface area contributed by atoms with Crippen LogP contribution in [0.3, 0.4) is 0 Å². The molecule has 0 radical (unpaired) electrons. The summed E-state index contributed by atoms with van der Waals surface area (Å²) in [4.78, 5) is 19.0. The summed E-state index contributed by atoms with van der Waals surface area (Å²) in [7, 11) is 3.92. The molecular weight excluding hydrogens is 439 g/mol. The van der Waals surface area contributed by atoms with Crippen molar-refractivity contribution in [2.75, 3.05) is 25.5 Å². The lowest BCUT2D eigenvalue weighted by molar-refractivity contribution is -0.137. The Morgan fingerprint density at radius 1 is 0.971 bits per heavy atom. The number of carbonyl (C=O) groups excluding carboxylic acids is 1. The van der Waals surface area contributed by atoms with Gasteiger partial charge in [-0.05, 0) is 58.3 Å². The van der Waals surface area contributed by atoms with E-state index in [1.54, 1.807) is 18.3 Å². The van der Waals surface area contributed by atoms with Crippen LogP contribution < -0.4 is 10.2 Å². The molecule has 0 atom stereocenters. The molecule has 0 aliphatic rings. The zero-order chi connectivity index (χ0) is 24.3. The Morgan fingerprint density at radius 3 is 2.44 bits per heavy atom. The minimum Gasteiger partial charge on any atom is -0.378 e. The van der Waals surface area contributed by atoms with Gasteiger partial charge in [0.1, 0.15) is 0 Å². The van der Waals surface area contributed by atoms with Crippen molar-refractivity contribution in [1.82, 2.24) is 10.3 Å². The minimum atomic E-state index is -4.37. The van der Waals surface area contributed by atoms with Gasteiger partial charge in [-0.2, -0.15) is 13.2 Å². The number of hydrogen-bond acceptors (Lipinski definition) is 3. The van der Waals surface area contributed by atoms with Crippen molar-refractivity contribution >= 4 is 22.4 Å². The van der Waals surface area contributed by atoms with Crippen LogP contribution in [0.5, 0.6) is 0 Å². The number of nitrogens with zero attached hydrogens (tertiary/aromatic N) is 2. The van der Waals surface area contributed by atoms with Crippen molar-refractivity contribution in [3.8, 4) is 11.1 Å². The van der Waals surface area contributed by atoms with Gasteiger partial charge < -0.3 is 10.2 Å². The second-order valence-electron chi connectivity index (χ2n) is 8.22. The van der Waals surface area contributed by atoms with Gasteiger partial charge in [-0.25, -0.2) is 0 Å². The fraction of sp³-hybridized carbons (Fsp3) is 0.185. The number of fused-ring (bicyclic) bond motifs is 1. The van der Waals surface area contributed by atoms with Crippen LogP contribution in [0.1, 0.15) is 21.6 Å². The van der Waals surface area contributed by atoms with Crippen LogP contribution in [0.4, 0.5) is 18.9 Å². The quantitative estimate of drug-likeness (QED) is 0.384. The van der Waals surface area contributed by atoms with Crippen molar-refractivity contribution in [2.45, 2.75) is 12.6 Å². The molecule has 0 bridgehead atoms. The van der Waals surface area contributed by atoms with Crippen molar-refractivity contribution in [3.63, 3.8) is 0 Å². The Bertz CT molecular complexity index is 1320. The number of hydrogen-bond donors (Lipinski definition) is 1. The van der Waals surface area contributed by atoms with Crippen LogP contribution in [-0.4, -0.2) is 31.5 Å². The molecule has 1 N–H and O–H groups in total. The largest absolute Gasteiger partial charge is 0.416 e. The van der Waals surface area contributed by atoms with Crippen LogP contribution in [0.25, 0.3) is 21.9 Å². The van der Waals surface area contributed by atoms with E-state index >= 15 is 0 Å². The molecule has 1 heterocycles. The lowest BCUT2D eigenvalue weighted by Gasteiger charge is -2.13. The first kappa shape index (κ1) is 23.3. The molecule has 1 amide bonds.